The van der Waals surface area contributed by atoms with Crippen molar-refractivity contribution in [3.8, 4) is 0 Å². The number of H-pyrrole nitrogens is 1. The number of nitrogens with one attached hydrogen (secondary N) is 2. The fourth-order valence-corrected chi connectivity index (χ4v) is 1.89. The van der Waals surface area contributed by atoms with Crippen LogP contribution in [0.25, 0.3) is 0 Å². The van der Waals surface area contributed by atoms with Crippen LogP contribution < -0.4 is 11.3 Å². The van der Waals surface area contributed by atoms with E-state index >= 15 is 0 Å². The van der Waals surface area contributed by atoms with Crippen LogP contribution in [0.1, 0.15) is 16.9 Å². The van der Waals surface area contributed by atoms with Gasteiger partial charge in [-0.3, -0.25) is 5.84 Å². The van der Waals surface area contributed by atoms with Crippen molar-refractivity contribution >= 4 is 11.3 Å². The first-order valence-electron chi connectivity index (χ1n) is 4.24. The topological polar surface area (TPSA) is 79.6 Å². The lowest BCUT2D eigenvalue weighted by atomic mass is 10.2. The van der Waals surface area contributed by atoms with Crippen LogP contribution in [-0.2, 0) is 6.42 Å². The lowest BCUT2D eigenvalue weighted by molar-refractivity contribution is 0.526. The van der Waals surface area contributed by atoms with Gasteiger partial charge in [0.1, 0.15) is 5.82 Å². The van der Waals surface area contributed by atoms with E-state index in [-0.39, 0.29) is 6.04 Å². The van der Waals surface area contributed by atoms with E-state index in [1.165, 1.54) is 0 Å². The van der Waals surface area contributed by atoms with Crippen LogP contribution in [0.2, 0.25) is 0 Å². The first kappa shape index (κ1) is 9.32. The standard InChI is InChI=1S/C8H11N5S/c9-13-6(8-11-1-2-12-8)5-7-10-3-4-14-7/h1-4,6,13H,5,9H2,(H,11,12). The fraction of sp³-hybridized carbons (Fsp3) is 0.250. The van der Waals surface area contributed by atoms with E-state index in [2.05, 4.69) is 20.4 Å². The zero-order valence-corrected chi connectivity index (χ0v) is 8.29. The molecule has 0 bridgehead atoms. The maximum atomic E-state index is 5.45. The molecule has 0 saturated carbocycles. The van der Waals surface area contributed by atoms with Gasteiger partial charge in [-0.15, -0.1) is 11.3 Å². The molecule has 1 atom stereocenters. The fourth-order valence-electron chi connectivity index (χ4n) is 1.23. The SMILES string of the molecule is NNC(Cc1nccs1)c1ncc[nH]1. The molecule has 14 heavy (non-hydrogen) atoms. The Morgan fingerprint density at radius 1 is 1.50 bits per heavy atom. The lowest BCUT2D eigenvalue weighted by Crippen LogP contribution is -2.30. The van der Waals surface area contributed by atoms with Crippen molar-refractivity contribution in [2.75, 3.05) is 0 Å². The molecular formula is C8H11N5S. The minimum atomic E-state index is -0.00356. The van der Waals surface area contributed by atoms with E-state index < -0.39 is 0 Å². The van der Waals surface area contributed by atoms with Crippen LogP contribution in [0.15, 0.2) is 24.0 Å². The molecule has 0 spiro atoms. The summed E-state index contributed by atoms with van der Waals surface area (Å²) < 4.78 is 0. The highest BCUT2D eigenvalue weighted by Gasteiger charge is 2.13. The van der Waals surface area contributed by atoms with E-state index in [0.717, 1.165) is 17.3 Å². The van der Waals surface area contributed by atoms with Gasteiger partial charge in [-0.2, -0.15) is 0 Å². The maximum absolute atomic E-state index is 5.45. The molecule has 2 heterocycles. The molecular weight excluding hydrogens is 198 g/mol. The molecule has 5 nitrogen and oxygen atoms in total. The van der Waals surface area contributed by atoms with Gasteiger partial charge in [0.25, 0.3) is 0 Å². The highest BCUT2D eigenvalue weighted by Crippen LogP contribution is 2.15. The van der Waals surface area contributed by atoms with Gasteiger partial charge >= 0.3 is 0 Å². The Labute approximate surface area is 85.4 Å². The Kier molecular flexibility index (Phi) is 2.87. The second-order valence-corrected chi connectivity index (χ2v) is 3.80. The summed E-state index contributed by atoms with van der Waals surface area (Å²) in [5, 5.41) is 3.00. The number of thiazole rings is 1. The zero-order valence-electron chi connectivity index (χ0n) is 7.47. The summed E-state index contributed by atoms with van der Waals surface area (Å²) in [5.74, 6) is 6.28. The minimum Gasteiger partial charge on any atom is -0.347 e. The van der Waals surface area contributed by atoms with Gasteiger partial charge in [-0.1, -0.05) is 0 Å². The molecule has 6 heteroatoms. The number of hydrogen-bond donors (Lipinski definition) is 3. The van der Waals surface area contributed by atoms with Crippen molar-refractivity contribution in [1.29, 1.82) is 0 Å². The van der Waals surface area contributed by atoms with Crippen molar-refractivity contribution in [2.24, 2.45) is 5.84 Å². The predicted octanol–water partition coefficient (Wildman–Crippen LogP) is 0.613. The number of rotatable bonds is 4. The molecule has 4 N–H and O–H groups in total. The smallest absolute Gasteiger partial charge is 0.125 e. The predicted molar refractivity (Wildman–Crippen MR) is 54.5 cm³/mol. The van der Waals surface area contributed by atoms with E-state index in [1.807, 2.05) is 5.38 Å². The van der Waals surface area contributed by atoms with Crippen LogP contribution in [0.3, 0.4) is 0 Å². The summed E-state index contributed by atoms with van der Waals surface area (Å²) in [6, 6.07) is -0.00356. The second kappa shape index (κ2) is 4.32. The molecule has 0 fully saturated rings. The molecule has 74 valence electrons. The van der Waals surface area contributed by atoms with Crippen LogP contribution in [0.4, 0.5) is 0 Å². The molecule has 2 rings (SSSR count). The van der Waals surface area contributed by atoms with Crippen molar-refractivity contribution < 1.29 is 0 Å². The lowest BCUT2D eigenvalue weighted by Gasteiger charge is -2.10. The Morgan fingerprint density at radius 3 is 3.00 bits per heavy atom. The van der Waals surface area contributed by atoms with Crippen molar-refractivity contribution in [3.05, 3.63) is 34.8 Å². The third kappa shape index (κ3) is 1.98. The van der Waals surface area contributed by atoms with Crippen molar-refractivity contribution in [3.63, 3.8) is 0 Å². The first-order valence-corrected chi connectivity index (χ1v) is 5.12. The molecule has 0 amide bonds. The van der Waals surface area contributed by atoms with Crippen molar-refractivity contribution in [2.45, 2.75) is 12.5 Å². The summed E-state index contributed by atoms with van der Waals surface area (Å²) in [6.07, 6.45) is 6.03. The van der Waals surface area contributed by atoms with Gasteiger partial charge in [0, 0.05) is 30.4 Å². The molecule has 2 aromatic heterocycles. The van der Waals surface area contributed by atoms with E-state index in [1.54, 1.807) is 29.9 Å². The monoisotopic (exact) mass is 209 g/mol. The highest BCUT2D eigenvalue weighted by atomic mass is 32.1. The summed E-state index contributed by atoms with van der Waals surface area (Å²) in [5.41, 5.74) is 2.72. The van der Waals surface area contributed by atoms with Crippen molar-refractivity contribution in [1.82, 2.24) is 20.4 Å². The zero-order chi connectivity index (χ0) is 9.80. The third-order valence-corrected chi connectivity index (χ3v) is 2.71. The quantitative estimate of drug-likeness (QED) is 0.509. The van der Waals surface area contributed by atoms with Gasteiger partial charge in [0.05, 0.1) is 11.0 Å². The third-order valence-electron chi connectivity index (χ3n) is 1.91. The maximum Gasteiger partial charge on any atom is 0.125 e. The average molecular weight is 209 g/mol. The summed E-state index contributed by atoms with van der Waals surface area (Å²) in [7, 11) is 0. The highest BCUT2D eigenvalue weighted by molar-refractivity contribution is 7.09. The molecule has 0 radical (unpaired) electrons. The van der Waals surface area contributed by atoms with Gasteiger partial charge < -0.3 is 4.98 Å². The average Bonchev–Trinajstić information content (AvgIpc) is 2.86. The number of imidazole rings is 1. The first-order chi connectivity index (χ1) is 6.90. The Morgan fingerprint density at radius 2 is 2.43 bits per heavy atom. The normalized spacial score (nSPS) is 12.9. The number of hydrazine groups is 1. The summed E-state index contributed by atoms with van der Waals surface area (Å²) in [6.45, 7) is 0. The second-order valence-electron chi connectivity index (χ2n) is 2.82. The van der Waals surface area contributed by atoms with Crippen LogP contribution in [0.5, 0.6) is 0 Å². The molecule has 0 aliphatic rings. The molecule has 0 aliphatic heterocycles. The Balaban J connectivity index is 2.08. The Hall–Kier alpha value is -1.24. The summed E-state index contributed by atoms with van der Waals surface area (Å²) in [4.78, 5) is 11.4. The largest absolute Gasteiger partial charge is 0.347 e. The van der Waals surface area contributed by atoms with Crippen LogP contribution in [-0.4, -0.2) is 15.0 Å². The number of nitrogens with two attached hydrogens (primary N) is 1. The molecule has 0 aromatic carbocycles. The van der Waals surface area contributed by atoms with E-state index in [0.29, 0.717) is 0 Å². The molecule has 0 saturated heterocycles. The van der Waals surface area contributed by atoms with E-state index in [9.17, 15) is 0 Å². The van der Waals surface area contributed by atoms with Crippen LogP contribution in [0, 0.1) is 0 Å². The van der Waals surface area contributed by atoms with E-state index in [4.69, 9.17) is 5.84 Å². The van der Waals surface area contributed by atoms with Crippen LogP contribution >= 0.6 is 11.3 Å². The number of hydrogen-bond acceptors (Lipinski definition) is 5. The number of nitrogens with zero attached hydrogens (tertiary/aromatic N) is 2. The van der Waals surface area contributed by atoms with Gasteiger partial charge in [-0.05, 0) is 0 Å². The number of aromatic nitrogens is 3. The molecule has 2 aromatic rings. The number of aromatic amines is 1. The molecule has 0 aliphatic carbocycles. The van der Waals surface area contributed by atoms with Gasteiger partial charge in [0.15, 0.2) is 0 Å². The Bertz CT molecular complexity index is 355. The van der Waals surface area contributed by atoms with Gasteiger partial charge in [0.2, 0.25) is 0 Å². The summed E-state index contributed by atoms with van der Waals surface area (Å²) >= 11 is 1.62. The molecule has 1 unspecified atom stereocenters. The minimum absolute atomic E-state index is 0.00356. The van der Waals surface area contributed by atoms with Gasteiger partial charge in [-0.25, -0.2) is 15.4 Å².